The molecule has 0 amide bonds. The number of hydrogen-bond donors (Lipinski definition) is 1. The van der Waals surface area contributed by atoms with Gasteiger partial charge in [0.15, 0.2) is 0 Å². The van der Waals surface area contributed by atoms with Crippen LogP contribution in [0.5, 0.6) is 0 Å². The Kier molecular flexibility index (Phi) is 2.83. The molecule has 2 heterocycles. The third-order valence-corrected chi connectivity index (χ3v) is 2.46. The first kappa shape index (κ1) is 10.3. The van der Waals surface area contributed by atoms with Crippen molar-refractivity contribution in [3.8, 4) is 5.69 Å². The molecule has 4 nitrogen and oxygen atoms in total. The highest BCUT2D eigenvalue weighted by Crippen LogP contribution is 2.21. The molecule has 78 valence electrons. The first-order valence-electron chi connectivity index (χ1n) is 4.53. The zero-order chi connectivity index (χ0) is 10.8. The summed E-state index contributed by atoms with van der Waals surface area (Å²) in [6.07, 6.45) is 2.88. The summed E-state index contributed by atoms with van der Waals surface area (Å²) in [5.41, 5.74) is 1.39. The minimum Gasteiger partial charge on any atom is -0.387 e. The Morgan fingerprint density at radius 3 is 2.87 bits per heavy atom. The molecular weight excluding hydrogens is 258 g/mol. The van der Waals surface area contributed by atoms with Crippen LogP contribution in [0.4, 0.5) is 0 Å². The topological polar surface area (TPSA) is 50.9 Å². The Morgan fingerprint density at radius 2 is 2.27 bits per heavy atom. The van der Waals surface area contributed by atoms with Gasteiger partial charge in [0.1, 0.15) is 4.60 Å². The number of aromatic nitrogens is 3. The predicted molar refractivity (Wildman–Crippen MR) is 59.7 cm³/mol. The fourth-order valence-electron chi connectivity index (χ4n) is 1.36. The minimum absolute atomic E-state index is 0.605. The van der Waals surface area contributed by atoms with Gasteiger partial charge in [0.25, 0.3) is 0 Å². The first-order valence-corrected chi connectivity index (χ1v) is 5.32. The van der Waals surface area contributed by atoms with E-state index in [0.717, 1.165) is 5.69 Å². The lowest BCUT2D eigenvalue weighted by Crippen LogP contribution is -2.05. The van der Waals surface area contributed by atoms with Crippen LogP contribution in [0.2, 0.25) is 0 Å². The second-order valence-electron chi connectivity index (χ2n) is 3.16. The van der Waals surface area contributed by atoms with Crippen LogP contribution < -0.4 is 0 Å². The van der Waals surface area contributed by atoms with E-state index in [0.29, 0.717) is 10.3 Å². The molecule has 0 aliphatic rings. The van der Waals surface area contributed by atoms with Crippen molar-refractivity contribution in [1.29, 1.82) is 0 Å². The second-order valence-corrected chi connectivity index (χ2v) is 3.98. The first-order chi connectivity index (χ1) is 7.18. The monoisotopic (exact) mass is 267 g/mol. The van der Waals surface area contributed by atoms with Crippen LogP contribution >= 0.6 is 15.9 Å². The van der Waals surface area contributed by atoms with Crippen molar-refractivity contribution in [2.75, 3.05) is 0 Å². The number of aliphatic hydroxyl groups is 1. The highest BCUT2D eigenvalue weighted by molar-refractivity contribution is 9.10. The lowest BCUT2D eigenvalue weighted by molar-refractivity contribution is 0.193. The summed E-state index contributed by atoms with van der Waals surface area (Å²) in [4.78, 5) is 4.23. The van der Waals surface area contributed by atoms with Crippen molar-refractivity contribution in [1.82, 2.24) is 14.8 Å². The van der Waals surface area contributed by atoms with Crippen molar-refractivity contribution in [3.63, 3.8) is 0 Å². The summed E-state index contributed by atoms with van der Waals surface area (Å²) in [7, 11) is 0. The van der Waals surface area contributed by atoms with Gasteiger partial charge < -0.3 is 5.11 Å². The second kappa shape index (κ2) is 4.12. The molecule has 1 atom stereocenters. The van der Waals surface area contributed by atoms with Crippen LogP contribution in [0.25, 0.3) is 5.69 Å². The zero-order valence-electron chi connectivity index (χ0n) is 8.13. The van der Waals surface area contributed by atoms with Gasteiger partial charge >= 0.3 is 0 Å². The highest BCUT2D eigenvalue weighted by Gasteiger charge is 2.11. The third-order valence-electron chi connectivity index (χ3n) is 2.02. The molecular formula is C10H10BrN3O. The summed E-state index contributed by atoms with van der Waals surface area (Å²) in [5, 5.41) is 13.7. The van der Waals surface area contributed by atoms with Crippen LogP contribution in [0.15, 0.2) is 35.2 Å². The van der Waals surface area contributed by atoms with Crippen LogP contribution in [-0.2, 0) is 0 Å². The molecule has 0 saturated carbocycles. The molecule has 1 N–H and O–H groups in total. The van der Waals surface area contributed by atoms with Gasteiger partial charge in [0, 0.05) is 12.4 Å². The number of aliphatic hydroxyl groups excluding tert-OH is 1. The Hall–Kier alpha value is -1.20. The summed E-state index contributed by atoms with van der Waals surface area (Å²) in [6, 6.07) is 5.52. The van der Waals surface area contributed by atoms with Gasteiger partial charge in [-0.25, -0.2) is 9.67 Å². The maximum atomic E-state index is 9.60. The maximum Gasteiger partial charge on any atom is 0.106 e. The molecule has 0 aliphatic heterocycles. The number of rotatable bonds is 2. The molecule has 2 aromatic heterocycles. The van der Waals surface area contributed by atoms with Gasteiger partial charge in [-0.1, -0.05) is 0 Å². The summed E-state index contributed by atoms with van der Waals surface area (Å²) >= 11 is 3.28. The largest absolute Gasteiger partial charge is 0.387 e. The Bertz CT molecular complexity index is 454. The van der Waals surface area contributed by atoms with Crippen LogP contribution in [0.3, 0.4) is 0 Å². The van der Waals surface area contributed by atoms with Crippen LogP contribution in [0, 0.1) is 0 Å². The zero-order valence-corrected chi connectivity index (χ0v) is 9.72. The molecule has 5 heteroatoms. The van der Waals surface area contributed by atoms with Crippen LogP contribution in [-0.4, -0.2) is 19.9 Å². The summed E-state index contributed by atoms with van der Waals surface area (Å²) < 4.78 is 2.39. The van der Waals surface area contributed by atoms with Gasteiger partial charge in [-0.15, -0.1) is 0 Å². The molecule has 2 aromatic rings. The van der Waals surface area contributed by atoms with Gasteiger partial charge in [0.05, 0.1) is 17.5 Å². The summed E-state index contributed by atoms with van der Waals surface area (Å²) in [6.45, 7) is 1.68. The molecule has 0 saturated heterocycles. The molecule has 0 unspecified atom stereocenters. The van der Waals surface area contributed by atoms with E-state index in [9.17, 15) is 5.11 Å². The van der Waals surface area contributed by atoms with Gasteiger partial charge in [0.2, 0.25) is 0 Å². The van der Waals surface area contributed by atoms with Crippen molar-refractivity contribution in [2.24, 2.45) is 0 Å². The third kappa shape index (κ3) is 2.08. The van der Waals surface area contributed by atoms with E-state index in [2.05, 4.69) is 26.0 Å². The Morgan fingerprint density at radius 1 is 1.47 bits per heavy atom. The van der Waals surface area contributed by atoms with E-state index in [1.807, 2.05) is 24.4 Å². The minimum atomic E-state index is -0.623. The Balaban J connectivity index is 2.56. The Labute approximate surface area is 95.7 Å². The van der Waals surface area contributed by atoms with E-state index >= 15 is 0 Å². The number of nitrogens with zero attached hydrogens (tertiary/aromatic N) is 3. The molecule has 2 rings (SSSR count). The van der Waals surface area contributed by atoms with Crippen molar-refractivity contribution in [2.45, 2.75) is 13.0 Å². The number of halogens is 1. The molecule has 0 bridgehead atoms. The van der Waals surface area contributed by atoms with E-state index in [1.165, 1.54) is 0 Å². The predicted octanol–water partition coefficient (Wildman–Crippen LogP) is 2.08. The molecule has 0 spiro atoms. The normalized spacial score (nSPS) is 12.7. The lowest BCUT2D eigenvalue weighted by atomic mass is 10.2. The van der Waals surface area contributed by atoms with Crippen molar-refractivity contribution in [3.05, 3.63) is 40.9 Å². The SMILES string of the molecule is C[C@@H](O)c1nc(Br)ccc1-n1cccn1. The standard InChI is InChI=1S/C10H10BrN3O/c1-7(15)10-8(3-4-9(11)13-10)14-6-2-5-12-14/h2-7,15H,1H3/t7-/m1/s1. The smallest absolute Gasteiger partial charge is 0.106 e. The van der Waals surface area contributed by atoms with E-state index in [4.69, 9.17) is 0 Å². The van der Waals surface area contributed by atoms with Crippen molar-refractivity contribution < 1.29 is 5.11 Å². The molecule has 0 aliphatic carbocycles. The molecule has 0 fully saturated rings. The number of hydrogen-bond acceptors (Lipinski definition) is 3. The van der Waals surface area contributed by atoms with Crippen molar-refractivity contribution >= 4 is 15.9 Å². The van der Waals surface area contributed by atoms with Crippen LogP contribution in [0.1, 0.15) is 18.7 Å². The van der Waals surface area contributed by atoms with E-state index in [-0.39, 0.29) is 0 Å². The average molecular weight is 268 g/mol. The van der Waals surface area contributed by atoms with Gasteiger partial charge in [-0.05, 0) is 41.1 Å². The van der Waals surface area contributed by atoms with E-state index < -0.39 is 6.10 Å². The molecule has 15 heavy (non-hydrogen) atoms. The molecule has 0 aromatic carbocycles. The van der Waals surface area contributed by atoms with E-state index in [1.54, 1.807) is 17.8 Å². The van der Waals surface area contributed by atoms with Gasteiger partial charge in [-0.2, -0.15) is 5.10 Å². The fourth-order valence-corrected chi connectivity index (χ4v) is 1.68. The fraction of sp³-hybridized carbons (Fsp3) is 0.200. The number of pyridine rings is 1. The molecule has 0 radical (unpaired) electrons. The lowest BCUT2D eigenvalue weighted by Gasteiger charge is -2.10. The highest BCUT2D eigenvalue weighted by atomic mass is 79.9. The quantitative estimate of drug-likeness (QED) is 0.848. The average Bonchev–Trinajstić information content (AvgIpc) is 2.70. The summed E-state index contributed by atoms with van der Waals surface area (Å²) in [5.74, 6) is 0. The maximum absolute atomic E-state index is 9.60. The van der Waals surface area contributed by atoms with Gasteiger partial charge in [-0.3, -0.25) is 0 Å².